The minimum absolute atomic E-state index is 0. The summed E-state index contributed by atoms with van der Waals surface area (Å²) in [6.07, 6.45) is 4.71. The van der Waals surface area contributed by atoms with E-state index in [1.54, 1.807) is 12.3 Å². The highest BCUT2D eigenvalue weighted by Crippen LogP contribution is 2.38. The smallest absolute Gasteiger partial charge is 0.269 e. The van der Waals surface area contributed by atoms with Gasteiger partial charge < -0.3 is 24.5 Å². The number of piperidine rings is 1. The van der Waals surface area contributed by atoms with Gasteiger partial charge in [-0.2, -0.15) is 0 Å². The van der Waals surface area contributed by atoms with Crippen LogP contribution in [-0.2, 0) is 18.7 Å². The standard InChI is InChI=1S/C24H26FN5O4.2ClH/c25-17-1-2-18-23-22(17)24(32,14-30(23)21(31)12-28-18)13-29-5-3-15(4-6-29)26-10-16-9-19-20(11-27-16)34-8-7-33-19;;/h1-2,9,11-12,15,26,32H,3-8,10,13-14H2;2*1H. The molecular formula is C24H28Cl2FN5O4. The molecule has 0 amide bonds. The number of fused-ring (bicyclic) bond motifs is 1. The van der Waals surface area contributed by atoms with Crippen molar-refractivity contribution in [2.45, 2.75) is 37.6 Å². The van der Waals surface area contributed by atoms with E-state index in [4.69, 9.17) is 9.47 Å². The van der Waals surface area contributed by atoms with Crippen LogP contribution in [0.2, 0.25) is 0 Å². The van der Waals surface area contributed by atoms with Gasteiger partial charge >= 0.3 is 0 Å². The first-order valence-corrected chi connectivity index (χ1v) is 11.6. The zero-order valence-corrected chi connectivity index (χ0v) is 21.1. The van der Waals surface area contributed by atoms with Gasteiger partial charge in [0, 0.05) is 30.8 Å². The molecule has 3 aliphatic rings. The summed E-state index contributed by atoms with van der Waals surface area (Å²) in [6, 6.07) is 5.09. The fourth-order valence-corrected chi connectivity index (χ4v) is 5.31. The molecule has 1 saturated heterocycles. The molecule has 5 heterocycles. The Bertz CT molecular complexity index is 1320. The minimum Gasteiger partial charge on any atom is -0.486 e. The summed E-state index contributed by atoms with van der Waals surface area (Å²) in [5, 5.41) is 15.0. The highest BCUT2D eigenvalue weighted by atomic mass is 35.5. The van der Waals surface area contributed by atoms with Crippen LogP contribution in [0, 0.1) is 5.82 Å². The van der Waals surface area contributed by atoms with Gasteiger partial charge in [-0.15, -0.1) is 24.8 Å². The average Bonchev–Trinajstić information content (AvgIpc) is 3.17. The van der Waals surface area contributed by atoms with Crippen molar-refractivity contribution in [3.8, 4) is 11.5 Å². The van der Waals surface area contributed by atoms with Crippen molar-refractivity contribution in [2.75, 3.05) is 32.8 Å². The van der Waals surface area contributed by atoms with Crippen molar-refractivity contribution in [3.05, 3.63) is 58.0 Å². The SMILES string of the molecule is Cl.Cl.O=c1cnc2ccc(F)c3c2n1CC3(O)CN1CCC(NCc2cc3c(cn2)OCCO3)CC1. The van der Waals surface area contributed by atoms with Crippen molar-refractivity contribution in [3.63, 3.8) is 0 Å². The lowest BCUT2D eigenvalue weighted by Gasteiger charge is -2.37. The Hall–Kier alpha value is -2.50. The summed E-state index contributed by atoms with van der Waals surface area (Å²) in [4.78, 5) is 23.0. The second kappa shape index (κ2) is 10.5. The summed E-state index contributed by atoms with van der Waals surface area (Å²) in [6.45, 7) is 3.54. The first-order valence-electron chi connectivity index (χ1n) is 11.6. The fraction of sp³-hybridized carbons (Fsp3) is 0.458. The van der Waals surface area contributed by atoms with Crippen molar-refractivity contribution in [2.24, 2.45) is 0 Å². The molecule has 0 radical (unpaired) electrons. The third-order valence-corrected chi connectivity index (χ3v) is 6.97. The normalized spacial score (nSPS) is 21.2. The van der Waals surface area contributed by atoms with E-state index in [0.29, 0.717) is 42.6 Å². The molecule has 1 aromatic carbocycles. The summed E-state index contributed by atoms with van der Waals surface area (Å²) >= 11 is 0. The number of aromatic nitrogens is 3. The van der Waals surface area contributed by atoms with E-state index < -0.39 is 11.4 Å². The van der Waals surface area contributed by atoms with Crippen molar-refractivity contribution >= 4 is 35.8 Å². The van der Waals surface area contributed by atoms with Gasteiger partial charge in [0.25, 0.3) is 5.56 Å². The molecule has 3 aromatic rings. The Kier molecular flexibility index (Phi) is 7.72. The number of β-amino-alcohol motifs (C(OH)–C–C–N with tert-alkyl or cyclic N) is 1. The molecule has 1 atom stereocenters. The van der Waals surface area contributed by atoms with Gasteiger partial charge in [-0.25, -0.2) is 9.37 Å². The van der Waals surface area contributed by atoms with Crippen molar-refractivity contribution < 1.29 is 19.0 Å². The summed E-state index contributed by atoms with van der Waals surface area (Å²) in [5.41, 5.74) is 0.202. The zero-order valence-electron chi connectivity index (χ0n) is 19.5. The maximum absolute atomic E-state index is 14.8. The molecule has 6 rings (SSSR count). The largest absolute Gasteiger partial charge is 0.486 e. The topological polar surface area (TPSA) is 102 Å². The van der Waals surface area contributed by atoms with Gasteiger partial charge in [0.15, 0.2) is 11.5 Å². The molecular weight excluding hydrogens is 512 g/mol. The van der Waals surface area contributed by atoms with Crippen LogP contribution in [0.15, 0.2) is 35.4 Å². The van der Waals surface area contributed by atoms with Gasteiger partial charge in [-0.05, 0) is 38.1 Å². The van der Waals surface area contributed by atoms with E-state index >= 15 is 0 Å². The second-order valence-corrected chi connectivity index (χ2v) is 9.25. The van der Waals surface area contributed by atoms with Gasteiger partial charge in [0.05, 0.1) is 35.7 Å². The number of nitrogens with one attached hydrogen (secondary N) is 1. The third kappa shape index (κ3) is 4.76. The minimum atomic E-state index is -1.46. The van der Waals surface area contributed by atoms with Crippen LogP contribution in [0.1, 0.15) is 24.1 Å². The predicted molar refractivity (Wildman–Crippen MR) is 136 cm³/mol. The molecule has 194 valence electrons. The summed E-state index contributed by atoms with van der Waals surface area (Å²) in [7, 11) is 0. The Labute approximate surface area is 219 Å². The number of ether oxygens (including phenoxy) is 2. The predicted octanol–water partition coefficient (Wildman–Crippen LogP) is 2.00. The van der Waals surface area contributed by atoms with Gasteiger partial charge in [0.2, 0.25) is 0 Å². The van der Waals surface area contributed by atoms with Gasteiger partial charge in [-0.3, -0.25) is 14.7 Å². The van der Waals surface area contributed by atoms with Crippen LogP contribution >= 0.6 is 24.8 Å². The van der Waals surface area contributed by atoms with Crippen molar-refractivity contribution in [1.82, 2.24) is 24.8 Å². The number of aliphatic hydroxyl groups is 1. The van der Waals surface area contributed by atoms with Crippen LogP contribution in [0.3, 0.4) is 0 Å². The lowest BCUT2D eigenvalue weighted by molar-refractivity contribution is -0.0159. The number of halogens is 3. The Balaban J connectivity index is 0.00000152. The van der Waals surface area contributed by atoms with Gasteiger partial charge in [0.1, 0.15) is 24.6 Å². The number of benzene rings is 1. The first-order chi connectivity index (χ1) is 16.5. The maximum Gasteiger partial charge on any atom is 0.269 e. The highest BCUT2D eigenvalue weighted by molar-refractivity contribution is 5.85. The Morgan fingerprint density at radius 2 is 1.86 bits per heavy atom. The number of nitrogens with zero attached hydrogens (tertiary/aromatic N) is 4. The molecule has 36 heavy (non-hydrogen) atoms. The van der Waals surface area contributed by atoms with Crippen LogP contribution in [0.4, 0.5) is 4.39 Å². The quantitative estimate of drug-likeness (QED) is 0.507. The van der Waals surface area contributed by atoms with Crippen LogP contribution in [0.5, 0.6) is 11.5 Å². The first kappa shape index (κ1) is 26.6. The molecule has 2 aromatic heterocycles. The third-order valence-electron chi connectivity index (χ3n) is 6.97. The number of hydrogen-bond acceptors (Lipinski definition) is 8. The number of rotatable bonds is 5. The molecule has 3 aliphatic heterocycles. The number of pyridine rings is 1. The van der Waals surface area contributed by atoms with E-state index in [0.717, 1.165) is 37.4 Å². The second-order valence-electron chi connectivity index (χ2n) is 9.25. The molecule has 0 saturated carbocycles. The molecule has 12 heteroatoms. The molecule has 9 nitrogen and oxygen atoms in total. The lowest BCUT2D eigenvalue weighted by Crippen LogP contribution is -2.48. The maximum atomic E-state index is 14.8. The molecule has 1 unspecified atom stereocenters. The molecule has 0 spiro atoms. The van der Waals surface area contributed by atoms with E-state index in [-0.39, 0.29) is 49.0 Å². The average molecular weight is 540 g/mol. The molecule has 0 bridgehead atoms. The molecule has 2 N–H and O–H groups in total. The monoisotopic (exact) mass is 539 g/mol. The summed E-state index contributed by atoms with van der Waals surface area (Å²) in [5.74, 6) is 0.910. The summed E-state index contributed by atoms with van der Waals surface area (Å²) < 4.78 is 27.4. The van der Waals surface area contributed by atoms with Crippen LogP contribution in [-0.4, -0.2) is 63.4 Å². The molecule has 1 fully saturated rings. The van der Waals surface area contributed by atoms with Gasteiger partial charge in [-0.1, -0.05) is 0 Å². The Morgan fingerprint density at radius 1 is 1.11 bits per heavy atom. The number of likely N-dealkylation sites (tertiary alicyclic amines) is 1. The van der Waals surface area contributed by atoms with Crippen molar-refractivity contribution in [1.29, 1.82) is 0 Å². The van der Waals surface area contributed by atoms with E-state index in [2.05, 4.69) is 20.2 Å². The number of hydrogen-bond donors (Lipinski definition) is 2. The fourth-order valence-electron chi connectivity index (χ4n) is 5.31. The van der Waals surface area contributed by atoms with Crippen LogP contribution in [0.25, 0.3) is 11.0 Å². The van der Waals surface area contributed by atoms with E-state index in [1.165, 1.54) is 16.8 Å². The lowest BCUT2D eigenvalue weighted by atomic mass is 9.93. The zero-order chi connectivity index (χ0) is 23.3. The highest BCUT2D eigenvalue weighted by Gasteiger charge is 2.43. The van der Waals surface area contributed by atoms with Crippen LogP contribution < -0.4 is 20.3 Å². The van der Waals surface area contributed by atoms with E-state index in [9.17, 15) is 14.3 Å². The molecule has 0 aliphatic carbocycles. The Morgan fingerprint density at radius 3 is 2.64 bits per heavy atom. The van der Waals surface area contributed by atoms with E-state index in [1.807, 2.05) is 6.07 Å².